The number of hydrogen-bond donors (Lipinski definition) is 1. The third-order valence-corrected chi connectivity index (χ3v) is 4.97. The number of rotatable bonds is 2. The van der Waals surface area contributed by atoms with Crippen LogP contribution in [0.4, 0.5) is 4.79 Å². The molecule has 1 heterocycles. The molecule has 5 nitrogen and oxygen atoms in total. The number of hydrogen-bond acceptors (Lipinski definition) is 3. The zero-order valence-corrected chi connectivity index (χ0v) is 18.2. The fraction of sp³-hybridized carbons (Fsp3) is 0.524. The van der Waals surface area contributed by atoms with Gasteiger partial charge in [-0.1, -0.05) is 35.0 Å². The van der Waals surface area contributed by atoms with Crippen LogP contribution in [0.25, 0.3) is 0 Å². The molecule has 0 radical (unpaired) electrons. The molecule has 1 aliphatic rings. The summed E-state index contributed by atoms with van der Waals surface area (Å²) in [5.74, 6) is 5.81. The zero-order valence-electron chi connectivity index (χ0n) is 16.6. The Morgan fingerprint density at radius 3 is 2.43 bits per heavy atom. The smallest absolute Gasteiger partial charge is 0.410 e. The average Bonchev–Trinajstić information content (AvgIpc) is 2.61. The van der Waals surface area contributed by atoms with E-state index in [2.05, 4.69) is 17.2 Å². The highest BCUT2D eigenvalue weighted by molar-refractivity contribution is 6.42. The van der Waals surface area contributed by atoms with Crippen molar-refractivity contribution < 1.29 is 14.3 Å². The minimum Gasteiger partial charge on any atom is -0.444 e. The Hall–Kier alpha value is -1.90. The van der Waals surface area contributed by atoms with Gasteiger partial charge in [0.1, 0.15) is 5.60 Å². The number of ether oxygens (including phenoxy) is 1. The SMILES string of the molecule is CC(C#Cc1ccc(Cl)c(Cl)c1)NC(=O)C1CCN(C(=O)OC(C)(C)C)CC1. The molecule has 0 aromatic heterocycles. The predicted octanol–water partition coefficient (Wildman–Crippen LogP) is 4.50. The summed E-state index contributed by atoms with van der Waals surface area (Å²) in [6, 6.07) is 4.86. The van der Waals surface area contributed by atoms with Crippen LogP contribution in [0, 0.1) is 17.8 Å². The van der Waals surface area contributed by atoms with Crippen molar-refractivity contribution in [2.45, 2.75) is 52.2 Å². The molecule has 0 spiro atoms. The topological polar surface area (TPSA) is 58.6 Å². The molecule has 1 aromatic carbocycles. The summed E-state index contributed by atoms with van der Waals surface area (Å²) in [7, 11) is 0. The van der Waals surface area contributed by atoms with Crippen molar-refractivity contribution in [1.82, 2.24) is 10.2 Å². The Morgan fingerprint density at radius 2 is 1.86 bits per heavy atom. The lowest BCUT2D eigenvalue weighted by Gasteiger charge is -2.33. The molecule has 152 valence electrons. The van der Waals surface area contributed by atoms with Gasteiger partial charge >= 0.3 is 6.09 Å². The molecule has 1 unspecified atom stereocenters. The highest BCUT2D eigenvalue weighted by Gasteiger charge is 2.30. The third-order valence-electron chi connectivity index (χ3n) is 4.23. The standard InChI is InChI=1S/C21H26Cl2N2O3/c1-14(5-6-15-7-8-17(22)18(23)13-15)24-19(26)16-9-11-25(12-10-16)20(27)28-21(2,3)4/h7-8,13-14,16H,9-12H2,1-4H3,(H,24,26). The number of benzene rings is 1. The number of nitrogens with one attached hydrogen (secondary N) is 1. The van der Waals surface area contributed by atoms with Gasteiger partial charge in [-0.15, -0.1) is 0 Å². The van der Waals surface area contributed by atoms with Crippen molar-refractivity contribution in [3.05, 3.63) is 33.8 Å². The van der Waals surface area contributed by atoms with E-state index in [1.54, 1.807) is 23.1 Å². The normalized spacial score (nSPS) is 16.0. The Bertz CT molecular complexity index is 785. The fourth-order valence-corrected chi connectivity index (χ4v) is 3.08. The summed E-state index contributed by atoms with van der Waals surface area (Å²) >= 11 is 11.9. The Kier molecular flexibility index (Phi) is 7.63. The quantitative estimate of drug-likeness (QED) is 0.710. The lowest BCUT2D eigenvalue weighted by atomic mass is 9.96. The van der Waals surface area contributed by atoms with Crippen LogP contribution in [0.3, 0.4) is 0 Å². The molecule has 1 aromatic rings. The maximum absolute atomic E-state index is 12.5. The van der Waals surface area contributed by atoms with E-state index < -0.39 is 5.60 Å². The first kappa shape index (κ1) is 22.4. The van der Waals surface area contributed by atoms with Crippen LogP contribution in [0.5, 0.6) is 0 Å². The number of piperidine rings is 1. The van der Waals surface area contributed by atoms with E-state index in [1.165, 1.54) is 0 Å². The molecule has 0 bridgehead atoms. The molecule has 1 saturated heterocycles. The van der Waals surface area contributed by atoms with Gasteiger partial charge in [-0.25, -0.2) is 4.79 Å². The van der Waals surface area contributed by atoms with Gasteiger partial charge in [-0.3, -0.25) is 4.79 Å². The average molecular weight is 425 g/mol. The van der Waals surface area contributed by atoms with E-state index >= 15 is 0 Å². The van der Waals surface area contributed by atoms with Gasteiger partial charge in [0.2, 0.25) is 5.91 Å². The molecule has 1 N–H and O–H groups in total. The zero-order chi connectivity index (χ0) is 20.9. The molecule has 1 aliphatic heterocycles. The van der Waals surface area contributed by atoms with Crippen LogP contribution in [0.15, 0.2) is 18.2 Å². The van der Waals surface area contributed by atoms with E-state index in [4.69, 9.17) is 27.9 Å². The second-order valence-electron chi connectivity index (χ2n) is 7.87. The minimum atomic E-state index is -0.520. The number of carbonyl (C=O) groups excluding carboxylic acids is 2. The summed E-state index contributed by atoms with van der Waals surface area (Å²) in [4.78, 5) is 26.2. The van der Waals surface area contributed by atoms with Crippen molar-refractivity contribution in [3.63, 3.8) is 0 Å². The van der Waals surface area contributed by atoms with Crippen LogP contribution in [-0.4, -0.2) is 41.6 Å². The van der Waals surface area contributed by atoms with Crippen LogP contribution in [-0.2, 0) is 9.53 Å². The first-order chi connectivity index (χ1) is 13.0. The Morgan fingerprint density at radius 1 is 1.21 bits per heavy atom. The van der Waals surface area contributed by atoms with Gasteiger partial charge in [0.15, 0.2) is 0 Å². The van der Waals surface area contributed by atoms with Crippen LogP contribution < -0.4 is 5.32 Å². The summed E-state index contributed by atoms with van der Waals surface area (Å²) in [6.07, 6.45) is 0.892. The molecule has 0 aliphatic carbocycles. The molecule has 28 heavy (non-hydrogen) atoms. The minimum absolute atomic E-state index is 0.0419. The highest BCUT2D eigenvalue weighted by atomic mass is 35.5. The largest absolute Gasteiger partial charge is 0.444 e. The third kappa shape index (κ3) is 6.92. The van der Waals surface area contributed by atoms with Gasteiger partial charge in [-0.2, -0.15) is 0 Å². The molecule has 0 saturated carbocycles. The molecule has 1 atom stereocenters. The second-order valence-corrected chi connectivity index (χ2v) is 8.68. The number of amides is 2. The lowest BCUT2D eigenvalue weighted by Crippen LogP contribution is -2.46. The van der Waals surface area contributed by atoms with Crippen molar-refractivity contribution in [1.29, 1.82) is 0 Å². The van der Waals surface area contributed by atoms with E-state index in [0.717, 1.165) is 5.56 Å². The van der Waals surface area contributed by atoms with Gasteiger partial charge in [0.25, 0.3) is 0 Å². The van der Waals surface area contributed by atoms with E-state index in [1.807, 2.05) is 27.7 Å². The van der Waals surface area contributed by atoms with Crippen molar-refractivity contribution in [2.75, 3.05) is 13.1 Å². The maximum Gasteiger partial charge on any atom is 0.410 e. The number of halogens is 2. The molecular weight excluding hydrogens is 399 g/mol. The van der Waals surface area contributed by atoms with E-state index in [-0.39, 0.29) is 24.0 Å². The van der Waals surface area contributed by atoms with Gasteiger partial charge in [0.05, 0.1) is 16.1 Å². The lowest BCUT2D eigenvalue weighted by molar-refractivity contribution is -0.126. The summed E-state index contributed by atoms with van der Waals surface area (Å²) in [6.45, 7) is 8.37. The second kappa shape index (κ2) is 9.54. The van der Waals surface area contributed by atoms with Crippen LogP contribution >= 0.6 is 23.2 Å². The summed E-state index contributed by atoms with van der Waals surface area (Å²) < 4.78 is 5.38. The molecule has 7 heteroatoms. The van der Waals surface area contributed by atoms with Crippen LogP contribution in [0.2, 0.25) is 10.0 Å². The fourth-order valence-electron chi connectivity index (χ4n) is 2.78. The van der Waals surface area contributed by atoms with E-state index in [9.17, 15) is 9.59 Å². The summed E-state index contributed by atoms with van der Waals surface area (Å²) in [5.41, 5.74) is 0.217. The van der Waals surface area contributed by atoms with Gasteiger partial charge in [0, 0.05) is 24.6 Å². The number of carbonyl (C=O) groups is 2. The van der Waals surface area contributed by atoms with Gasteiger partial charge in [-0.05, 0) is 58.7 Å². The molecule has 2 amide bonds. The maximum atomic E-state index is 12.5. The first-order valence-corrected chi connectivity index (χ1v) is 10.1. The van der Waals surface area contributed by atoms with Crippen molar-refractivity contribution in [3.8, 4) is 11.8 Å². The molecule has 2 rings (SSSR count). The van der Waals surface area contributed by atoms with E-state index in [0.29, 0.717) is 36.0 Å². The predicted molar refractivity (Wildman–Crippen MR) is 111 cm³/mol. The summed E-state index contributed by atoms with van der Waals surface area (Å²) in [5, 5.41) is 3.85. The number of nitrogens with zero attached hydrogens (tertiary/aromatic N) is 1. The van der Waals surface area contributed by atoms with Gasteiger partial charge < -0.3 is 15.0 Å². The van der Waals surface area contributed by atoms with Crippen LogP contribution in [0.1, 0.15) is 46.1 Å². The number of likely N-dealkylation sites (tertiary alicyclic amines) is 1. The molecule has 1 fully saturated rings. The van der Waals surface area contributed by atoms with Crippen molar-refractivity contribution >= 4 is 35.2 Å². The Labute approximate surface area is 176 Å². The first-order valence-electron chi connectivity index (χ1n) is 9.30. The Balaban J connectivity index is 1.83. The monoisotopic (exact) mass is 424 g/mol. The highest BCUT2D eigenvalue weighted by Crippen LogP contribution is 2.22. The molecular formula is C21H26Cl2N2O3. The van der Waals surface area contributed by atoms with Crippen molar-refractivity contribution in [2.24, 2.45) is 5.92 Å².